The van der Waals surface area contributed by atoms with E-state index < -0.39 is 0 Å². The molecule has 0 radical (unpaired) electrons. The summed E-state index contributed by atoms with van der Waals surface area (Å²) in [5, 5.41) is 3.61. The Balaban J connectivity index is 1.44. The number of carbonyl (C=O) groups is 1. The number of carbonyl (C=O) groups excluding carboxylic acids is 1. The molecule has 30 heavy (non-hydrogen) atoms. The highest BCUT2D eigenvalue weighted by Crippen LogP contribution is 2.25. The first kappa shape index (κ1) is 20.2. The zero-order valence-electron chi connectivity index (χ0n) is 15.9. The zero-order valence-corrected chi connectivity index (χ0v) is 17.6. The average molecular weight is 441 g/mol. The molecule has 0 aliphatic carbocycles. The van der Waals surface area contributed by atoms with Crippen molar-refractivity contribution in [2.24, 2.45) is 0 Å². The van der Waals surface area contributed by atoms with Gasteiger partial charge in [-0.15, -0.1) is 0 Å². The van der Waals surface area contributed by atoms with Crippen molar-refractivity contribution in [2.45, 2.75) is 24.3 Å². The lowest BCUT2D eigenvalue weighted by Gasteiger charge is -2.07. The fourth-order valence-corrected chi connectivity index (χ4v) is 4.65. The van der Waals surface area contributed by atoms with Gasteiger partial charge in [-0.1, -0.05) is 53.4 Å². The van der Waals surface area contributed by atoms with E-state index in [9.17, 15) is 14.0 Å². The van der Waals surface area contributed by atoms with Crippen LogP contribution in [0.4, 0.5) is 9.52 Å². The molecule has 0 aliphatic rings. The van der Waals surface area contributed by atoms with Crippen LogP contribution in [0.3, 0.4) is 0 Å². The van der Waals surface area contributed by atoms with Crippen LogP contribution < -0.4 is 10.9 Å². The Hall–Kier alpha value is -3.04. The number of hydrogen-bond donors (Lipinski definition) is 2. The van der Waals surface area contributed by atoms with Gasteiger partial charge < -0.3 is 10.3 Å². The summed E-state index contributed by atoms with van der Waals surface area (Å²) in [7, 11) is 0. The number of aromatic nitrogens is 3. The first-order chi connectivity index (χ1) is 14.5. The van der Waals surface area contributed by atoms with Gasteiger partial charge >= 0.3 is 0 Å². The van der Waals surface area contributed by atoms with Crippen LogP contribution in [0.25, 0.3) is 10.2 Å². The molecule has 0 bridgehead atoms. The number of nitrogens with zero attached hydrogens (tertiary/aromatic N) is 2. The molecule has 0 aliphatic heterocycles. The molecule has 0 saturated heterocycles. The van der Waals surface area contributed by atoms with E-state index in [0.29, 0.717) is 32.9 Å². The summed E-state index contributed by atoms with van der Waals surface area (Å²) < 4.78 is 14.7. The maximum absolute atomic E-state index is 13.8. The third kappa shape index (κ3) is 4.58. The van der Waals surface area contributed by atoms with E-state index in [1.54, 1.807) is 25.1 Å². The minimum absolute atomic E-state index is 0.109. The highest BCUT2D eigenvalue weighted by molar-refractivity contribution is 7.98. The topological polar surface area (TPSA) is 87.7 Å². The summed E-state index contributed by atoms with van der Waals surface area (Å²) in [6, 6.07) is 14.1. The predicted molar refractivity (Wildman–Crippen MR) is 118 cm³/mol. The number of thiazole rings is 1. The molecule has 4 aromatic rings. The van der Waals surface area contributed by atoms with Crippen molar-refractivity contribution in [1.82, 2.24) is 15.0 Å². The number of H-pyrrole nitrogens is 1. The number of rotatable bonds is 6. The third-order valence-corrected chi connectivity index (χ3v) is 6.27. The van der Waals surface area contributed by atoms with Crippen LogP contribution >= 0.6 is 23.1 Å². The molecule has 9 heteroatoms. The van der Waals surface area contributed by atoms with Crippen molar-refractivity contribution < 1.29 is 9.18 Å². The smallest absolute Gasteiger partial charge is 0.255 e. The highest BCUT2D eigenvalue weighted by atomic mass is 32.2. The minimum Gasteiger partial charge on any atom is -0.302 e. The molecule has 0 unspecified atom stereocenters. The Morgan fingerprint density at radius 2 is 1.93 bits per heavy atom. The third-order valence-electron chi connectivity index (χ3n) is 4.40. The second-order valence-electron chi connectivity index (χ2n) is 6.53. The Kier molecular flexibility index (Phi) is 5.91. The van der Waals surface area contributed by atoms with Gasteiger partial charge in [0.15, 0.2) is 10.3 Å². The standard InChI is InChI=1S/C21H17FN4O2S2/c1-12-14(10-18(27)25-21-24-16-8-4-5-9-17(16)30-21)19(28)26-20(23-12)29-11-13-6-2-3-7-15(13)22/h2-9H,10-11H2,1H3,(H,23,26,28)(H,24,25,27). The molecule has 2 heterocycles. The number of aromatic amines is 1. The summed E-state index contributed by atoms with van der Waals surface area (Å²) in [6.45, 7) is 1.68. The van der Waals surface area contributed by atoms with Gasteiger partial charge in [-0.25, -0.2) is 14.4 Å². The number of para-hydroxylation sites is 1. The van der Waals surface area contributed by atoms with Gasteiger partial charge in [0.05, 0.1) is 16.6 Å². The number of hydrogen-bond acceptors (Lipinski definition) is 6. The molecule has 4 rings (SSSR count). The van der Waals surface area contributed by atoms with E-state index in [1.807, 2.05) is 24.3 Å². The van der Waals surface area contributed by atoms with Crippen LogP contribution in [0.2, 0.25) is 0 Å². The van der Waals surface area contributed by atoms with Gasteiger partial charge in [0.25, 0.3) is 5.56 Å². The Labute approximate surface area is 179 Å². The van der Waals surface area contributed by atoms with Gasteiger partial charge in [0.2, 0.25) is 5.91 Å². The van der Waals surface area contributed by atoms with Crippen molar-refractivity contribution in [3.8, 4) is 0 Å². The molecule has 1 amide bonds. The number of amides is 1. The Morgan fingerprint density at radius 3 is 2.70 bits per heavy atom. The van der Waals surface area contributed by atoms with Crippen LogP contribution in [-0.4, -0.2) is 20.9 Å². The second kappa shape index (κ2) is 8.76. The summed E-state index contributed by atoms with van der Waals surface area (Å²) in [4.78, 5) is 36.3. The number of fused-ring (bicyclic) bond motifs is 1. The molecule has 0 atom stereocenters. The first-order valence-electron chi connectivity index (χ1n) is 9.11. The molecule has 0 spiro atoms. The van der Waals surface area contributed by atoms with E-state index in [2.05, 4.69) is 20.3 Å². The second-order valence-corrected chi connectivity index (χ2v) is 8.52. The molecular formula is C21H17FN4O2S2. The van der Waals surface area contributed by atoms with E-state index in [0.717, 1.165) is 10.2 Å². The van der Waals surface area contributed by atoms with Crippen LogP contribution in [0.1, 0.15) is 16.8 Å². The lowest BCUT2D eigenvalue weighted by Crippen LogP contribution is -2.23. The lowest BCUT2D eigenvalue weighted by molar-refractivity contribution is -0.115. The van der Waals surface area contributed by atoms with Crippen LogP contribution in [0.15, 0.2) is 58.5 Å². The first-order valence-corrected chi connectivity index (χ1v) is 10.9. The van der Waals surface area contributed by atoms with Crippen LogP contribution in [0.5, 0.6) is 0 Å². The number of anilines is 1. The fourth-order valence-electron chi connectivity index (χ4n) is 2.87. The summed E-state index contributed by atoms with van der Waals surface area (Å²) in [6.07, 6.45) is -0.109. The summed E-state index contributed by atoms with van der Waals surface area (Å²) in [5.41, 5.74) is 1.72. The van der Waals surface area contributed by atoms with Gasteiger partial charge in [0.1, 0.15) is 5.82 Å². The minimum atomic E-state index is -0.377. The van der Waals surface area contributed by atoms with Gasteiger partial charge in [0, 0.05) is 17.0 Å². The number of benzene rings is 2. The lowest BCUT2D eigenvalue weighted by atomic mass is 10.1. The average Bonchev–Trinajstić information content (AvgIpc) is 3.12. The van der Waals surface area contributed by atoms with Crippen LogP contribution in [0, 0.1) is 12.7 Å². The molecule has 6 nitrogen and oxygen atoms in total. The van der Waals surface area contributed by atoms with Crippen molar-refractivity contribution in [3.63, 3.8) is 0 Å². The fraction of sp³-hybridized carbons (Fsp3) is 0.143. The van der Waals surface area contributed by atoms with E-state index in [1.165, 1.54) is 29.2 Å². The highest BCUT2D eigenvalue weighted by Gasteiger charge is 2.15. The van der Waals surface area contributed by atoms with E-state index in [4.69, 9.17) is 0 Å². The zero-order chi connectivity index (χ0) is 21.1. The van der Waals surface area contributed by atoms with Gasteiger partial charge in [-0.05, 0) is 30.7 Å². The number of aryl methyl sites for hydroxylation is 1. The van der Waals surface area contributed by atoms with Crippen molar-refractivity contribution >= 4 is 44.4 Å². The van der Waals surface area contributed by atoms with Crippen molar-refractivity contribution in [2.75, 3.05) is 5.32 Å². The summed E-state index contributed by atoms with van der Waals surface area (Å²) >= 11 is 2.61. The number of thioether (sulfide) groups is 1. The normalized spacial score (nSPS) is 11.0. The maximum Gasteiger partial charge on any atom is 0.255 e. The quantitative estimate of drug-likeness (QED) is 0.345. The molecule has 152 valence electrons. The van der Waals surface area contributed by atoms with Crippen LogP contribution in [-0.2, 0) is 17.0 Å². The number of nitrogens with one attached hydrogen (secondary N) is 2. The van der Waals surface area contributed by atoms with E-state index in [-0.39, 0.29) is 23.7 Å². The van der Waals surface area contributed by atoms with E-state index >= 15 is 0 Å². The Bertz CT molecular complexity index is 1250. The summed E-state index contributed by atoms with van der Waals surface area (Å²) in [5.74, 6) is -0.296. The van der Waals surface area contributed by atoms with Crippen molar-refractivity contribution in [1.29, 1.82) is 0 Å². The molecular weight excluding hydrogens is 423 g/mol. The van der Waals surface area contributed by atoms with Crippen molar-refractivity contribution in [3.05, 3.63) is 81.5 Å². The molecule has 2 aromatic carbocycles. The molecule has 2 aromatic heterocycles. The Morgan fingerprint density at radius 1 is 1.17 bits per heavy atom. The SMILES string of the molecule is Cc1nc(SCc2ccccc2F)[nH]c(=O)c1CC(=O)Nc1nc2ccccc2s1. The predicted octanol–water partition coefficient (Wildman–Crippen LogP) is 4.30. The van der Waals surface area contributed by atoms with Gasteiger partial charge in [-0.2, -0.15) is 0 Å². The maximum atomic E-state index is 13.8. The molecule has 2 N–H and O–H groups in total. The largest absolute Gasteiger partial charge is 0.302 e. The molecule has 0 fully saturated rings. The number of halogens is 1. The molecule has 0 saturated carbocycles. The van der Waals surface area contributed by atoms with Gasteiger partial charge in [-0.3, -0.25) is 9.59 Å². The monoisotopic (exact) mass is 440 g/mol.